The molecule has 0 bridgehead atoms. The number of nitrogens with zero attached hydrogens (tertiary/aromatic N) is 3. The van der Waals surface area contributed by atoms with Gasteiger partial charge >= 0.3 is 6.09 Å². The smallest absolute Gasteiger partial charge is 0.410 e. The second kappa shape index (κ2) is 7.50. The molecule has 0 aliphatic carbocycles. The second-order valence-electron chi connectivity index (χ2n) is 6.98. The number of carbonyl (C=O) groups is 1. The van der Waals surface area contributed by atoms with Crippen LogP contribution in [0.2, 0.25) is 0 Å². The van der Waals surface area contributed by atoms with E-state index in [0.29, 0.717) is 19.5 Å². The summed E-state index contributed by atoms with van der Waals surface area (Å²) in [5.41, 5.74) is 3.64. The van der Waals surface area contributed by atoms with Gasteiger partial charge in [0.15, 0.2) is 0 Å². The van der Waals surface area contributed by atoms with E-state index < -0.39 is 5.60 Å². The number of nitrogens with one attached hydrogen (secondary N) is 1. The van der Waals surface area contributed by atoms with E-state index in [0.717, 1.165) is 24.5 Å². The number of ether oxygens (including phenoxy) is 1. The highest BCUT2D eigenvalue weighted by molar-refractivity contribution is 5.69. The summed E-state index contributed by atoms with van der Waals surface area (Å²) in [7, 11) is 0. The van der Waals surface area contributed by atoms with E-state index in [4.69, 9.17) is 10.00 Å². The fourth-order valence-corrected chi connectivity index (χ4v) is 2.72. The van der Waals surface area contributed by atoms with Gasteiger partial charge in [-0.05, 0) is 27.2 Å². The molecule has 124 valence electrons. The van der Waals surface area contributed by atoms with E-state index in [9.17, 15) is 4.79 Å². The molecular formula is C16H28N4O2. The van der Waals surface area contributed by atoms with Crippen LogP contribution in [0.25, 0.3) is 5.43 Å². The number of amides is 1. The van der Waals surface area contributed by atoms with Gasteiger partial charge < -0.3 is 20.1 Å². The first-order valence-corrected chi connectivity index (χ1v) is 7.76. The quantitative estimate of drug-likeness (QED) is 0.730. The van der Waals surface area contributed by atoms with Crippen LogP contribution in [0.1, 0.15) is 40.5 Å². The maximum absolute atomic E-state index is 12.0. The van der Waals surface area contributed by atoms with Crippen molar-refractivity contribution in [3.8, 4) is 6.07 Å². The van der Waals surface area contributed by atoms with Gasteiger partial charge in [0.05, 0.1) is 24.6 Å². The lowest BCUT2D eigenvalue weighted by Crippen LogP contribution is -3.10. The standard InChI is InChI=1S/C16H28N4O2/c1-6-10-20(18-7-2)13-16(8-9-17)11-19(12-16)14(21)22-15(3,4)5/h7,20H,2,6,8,10-13H2,1,3-5H3. The predicted molar refractivity (Wildman–Crippen MR) is 85.0 cm³/mol. The normalized spacial score (nSPS) is 17.9. The van der Waals surface area contributed by atoms with Crippen LogP contribution in [0.5, 0.6) is 0 Å². The lowest BCUT2D eigenvalue weighted by molar-refractivity contribution is -0.868. The molecule has 0 aromatic carbocycles. The monoisotopic (exact) mass is 308 g/mol. The Bertz CT molecular complexity index is 430. The summed E-state index contributed by atoms with van der Waals surface area (Å²) in [6.45, 7) is 14.0. The summed E-state index contributed by atoms with van der Waals surface area (Å²) < 4.78 is 5.37. The molecule has 0 radical (unpaired) electrons. The van der Waals surface area contributed by atoms with Crippen LogP contribution in [0, 0.1) is 16.7 Å². The third-order valence-corrected chi connectivity index (χ3v) is 3.55. The van der Waals surface area contributed by atoms with Gasteiger partial charge in [-0.2, -0.15) is 5.26 Å². The average Bonchev–Trinajstić information content (AvgIpc) is 2.33. The lowest BCUT2D eigenvalue weighted by atomic mass is 9.77. The van der Waals surface area contributed by atoms with Crippen molar-refractivity contribution >= 4 is 6.09 Å². The fraction of sp³-hybridized carbons (Fsp3) is 0.750. The highest BCUT2D eigenvalue weighted by Gasteiger charge is 2.48. The molecule has 0 aromatic heterocycles. The first-order valence-electron chi connectivity index (χ1n) is 7.76. The third kappa shape index (κ3) is 5.23. The lowest BCUT2D eigenvalue weighted by Gasteiger charge is -2.50. The van der Waals surface area contributed by atoms with E-state index >= 15 is 0 Å². The Balaban J connectivity index is 2.63. The van der Waals surface area contributed by atoms with Gasteiger partial charge in [0.2, 0.25) is 0 Å². The number of quaternary nitrogens is 1. The van der Waals surface area contributed by atoms with Crippen LogP contribution in [-0.2, 0) is 4.74 Å². The molecule has 1 atom stereocenters. The van der Waals surface area contributed by atoms with E-state index in [1.807, 2.05) is 20.8 Å². The summed E-state index contributed by atoms with van der Waals surface area (Å²) in [4.78, 5) is 13.7. The van der Waals surface area contributed by atoms with Gasteiger partial charge in [-0.25, -0.2) is 4.79 Å². The zero-order valence-electron chi connectivity index (χ0n) is 14.2. The van der Waals surface area contributed by atoms with Crippen molar-refractivity contribution in [2.75, 3.05) is 26.2 Å². The van der Waals surface area contributed by atoms with Crippen LogP contribution in [0.3, 0.4) is 0 Å². The molecule has 1 aliphatic rings. The first-order chi connectivity index (χ1) is 10.2. The highest BCUT2D eigenvalue weighted by atomic mass is 16.6. The molecule has 1 N–H and O–H groups in total. The van der Waals surface area contributed by atoms with Gasteiger partial charge in [0.25, 0.3) is 0 Å². The van der Waals surface area contributed by atoms with E-state index in [1.54, 1.807) is 11.1 Å². The topological polar surface area (TPSA) is 71.9 Å². The Kier molecular flexibility index (Phi) is 6.24. The van der Waals surface area contributed by atoms with Gasteiger partial charge in [-0.15, -0.1) is 12.8 Å². The molecule has 6 heteroatoms. The number of hydrogen-bond acceptors (Lipinski definition) is 3. The molecule has 6 nitrogen and oxygen atoms in total. The van der Waals surface area contributed by atoms with Crippen LogP contribution in [0.15, 0.2) is 12.8 Å². The Morgan fingerprint density at radius 1 is 1.55 bits per heavy atom. The number of nitriles is 1. The molecule has 0 saturated carbocycles. The maximum atomic E-state index is 12.0. The molecular weight excluding hydrogens is 280 g/mol. The van der Waals surface area contributed by atoms with Gasteiger partial charge in [0, 0.05) is 19.5 Å². The highest BCUT2D eigenvalue weighted by Crippen LogP contribution is 2.33. The van der Waals surface area contributed by atoms with Gasteiger partial charge in [-0.1, -0.05) is 6.92 Å². The van der Waals surface area contributed by atoms with E-state index in [-0.39, 0.29) is 11.5 Å². The van der Waals surface area contributed by atoms with Crippen molar-refractivity contribution < 1.29 is 14.5 Å². The maximum Gasteiger partial charge on any atom is 0.410 e. The molecule has 1 rings (SSSR count). The zero-order chi connectivity index (χ0) is 16.8. The van der Waals surface area contributed by atoms with Gasteiger partial charge in [0.1, 0.15) is 5.60 Å². The first kappa shape index (κ1) is 18.3. The number of carbonyl (C=O) groups excluding carboxylic acids is 1. The van der Waals surface area contributed by atoms with Crippen molar-refractivity contribution in [3.05, 3.63) is 18.2 Å². The van der Waals surface area contributed by atoms with Crippen molar-refractivity contribution in [2.45, 2.75) is 46.1 Å². The van der Waals surface area contributed by atoms with Crippen LogP contribution >= 0.6 is 0 Å². The molecule has 0 aromatic rings. The Hall–Kier alpha value is -1.74. The second-order valence-corrected chi connectivity index (χ2v) is 6.98. The van der Waals surface area contributed by atoms with Crippen LogP contribution < -0.4 is 5.01 Å². The summed E-state index contributed by atoms with van der Waals surface area (Å²) in [5.74, 6) is 0. The molecule has 1 fully saturated rings. The average molecular weight is 308 g/mol. The fourth-order valence-electron chi connectivity index (χ4n) is 2.72. The predicted octanol–water partition coefficient (Wildman–Crippen LogP) is 1.86. The largest absolute Gasteiger partial charge is 0.496 e. The van der Waals surface area contributed by atoms with Gasteiger partial charge in [-0.3, -0.25) is 0 Å². The summed E-state index contributed by atoms with van der Waals surface area (Å²) in [5, 5.41) is 10.2. The minimum absolute atomic E-state index is 0.192. The Morgan fingerprint density at radius 2 is 2.18 bits per heavy atom. The number of hydrogen-bond donors (Lipinski definition) is 1. The molecule has 1 unspecified atom stereocenters. The number of rotatable bonds is 7. The molecule has 1 amide bonds. The van der Waals surface area contributed by atoms with Crippen molar-refractivity contribution in [2.24, 2.45) is 5.41 Å². The van der Waals surface area contributed by atoms with Crippen molar-refractivity contribution in [3.63, 3.8) is 0 Å². The summed E-state index contributed by atoms with van der Waals surface area (Å²) in [6.07, 6.45) is 2.67. The van der Waals surface area contributed by atoms with Crippen molar-refractivity contribution in [1.29, 1.82) is 5.26 Å². The SMILES string of the molecule is C=C[N-][NH+](CCC)CC1(CC#N)CN(C(=O)OC(C)(C)C)C1. The molecule has 1 heterocycles. The number of likely N-dealkylation sites (tertiary alicyclic amines) is 1. The minimum atomic E-state index is -0.498. The molecule has 22 heavy (non-hydrogen) atoms. The zero-order valence-corrected chi connectivity index (χ0v) is 14.2. The Labute approximate surface area is 133 Å². The Morgan fingerprint density at radius 3 is 2.64 bits per heavy atom. The molecule has 1 aliphatic heterocycles. The summed E-state index contributed by atoms with van der Waals surface area (Å²) >= 11 is 0. The van der Waals surface area contributed by atoms with Crippen LogP contribution in [0.4, 0.5) is 4.79 Å². The van der Waals surface area contributed by atoms with E-state index in [2.05, 4.69) is 25.0 Å². The molecule has 0 spiro atoms. The minimum Gasteiger partial charge on any atom is -0.496 e. The molecule has 1 saturated heterocycles. The van der Waals surface area contributed by atoms with E-state index in [1.165, 1.54) is 0 Å². The summed E-state index contributed by atoms with van der Waals surface area (Å²) in [6, 6.07) is 2.25. The van der Waals surface area contributed by atoms with Crippen LogP contribution in [-0.4, -0.2) is 42.8 Å². The third-order valence-electron chi connectivity index (χ3n) is 3.55. The van der Waals surface area contributed by atoms with Crippen molar-refractivity contribution in [1.82, 2.24) is 4.90 Å².